The summed E-state index contributed by atoms with van der Waals surface area (Å²) in [7, 11) is 0. The van der Waals surface area contributed by atoms with E-state index in [1.165, 1.54) is 0 Å². The van der Waals surface area contributed by atoms with Crippen LogP contribution in [-0.4, -0.2) is 13.0 Å². The van der Waals surface area contributed by atoms with Crippen LogP contribution in [-0.2, 0) is 4.79 Å². The average molecular weight is 148 g/mol. The molecule has 57 valence electrons. The smallest absolute Gasteiger partial charge is 0.214 e. The van der Waals surface area contributed by atoms with Gasteiger partial charge < -0.3 is 4.90 Å². The lowest BCUT2D eigenvalue weighted by molar-refractivity contribution is -0.107. The molecular formula is C9H10NO. The van der Waals surface area contributed by atoms with Crippen molar-refractivity contribution in [1.82, 2.24) is 0 Å². The van der Waals surface area contributed by atoms with Crippen molar-refractivity contribution >= 4 is 12.1 Å². The van der Waals surface area contributed by atoms with Crippen LogP contribution in [0.4, 0.5) is 5.69 Å². The van der Waals surface area contributed by atoms with Crippen molar-refractivity contribution in [3.05, 3.63) is 30.3 Å². The molecule has 11 heavy (non-hydrogen) atoms. The summed E-state index contributed by atoms with van der Waals surface area (Å²) in [6.07, 6.45) is 0.811. The fourth-order valence-corrected chi connectivity index (χ4v) is 0.864. The van der Waals surface area contributed by atoms with Crippen LogP contribution in [0.3, 0.4) is 0 Å². The molecule has 1 amide bonds. The highest BCUT2D eigenvalue weighted by Gasteiger charge is 1.98. The summed E-state index contributed by atoms with van der Waals surface area (Å²) in [6.45, 7) is 2.61. The van der Waals surface area contributed by atoms with E-state index in [4.69, 9.17) is 0 Å². The monoisotopic (exact) mass is 148 g/mol. The average Bonchev–Trinajstić information content (AvgIpc) is 2.09. The Morgan fingerprint density at radius 2 is 2.45 bits per heavy atom. The Bertz CT molecular complexity index is 220. The standard InChI is InChI=1S/C9H10NO/c1-2-10(8-11)9-6-4-3-5-7-9/h3-6,8H,2H2,1H3. The van der Waals surface area contributed by atoms with Gasteiger partial charge in [-0.25, -0.2) is 0 Å². The molecule has 0 aliphatic carbocycles. The maximum absolute atomic E-state index is 10.4. The lowest BCUT2D eigenvalue weighted by Gasteiger charge is -2.13. The zero-order valence-electron chi connectivity index (χ0n) is 6.45. The van der Waals surface area contributed by atoms with Crippen LogP contribution in [0.2, 0.25) is 0 Å². The molecule has 0 spiro atoms. The molecule has 0 aliphatic rings. The van der Waals surface area contributed by atoms with Crippen molar-refractivity contribution in [2.24, 2.45) is 0 Å². The number of nitrogens with zero attached hydrogens (tertiary/aromatic N) is 1. The van der Waals surface area contributed by atoms with Gasteiger partial charge in [0.1, 0.15) is 0 Å². The molecule has 0 bridgehead atoms. The second-order valence-electron chi connectivity index (χ2n) is 2.14. The second-order valence-corrected chi connectivity index (χ2v) is 2.14. The molecule has 0 saturated heterocycles. The fourth-order valence-electron chi connectivity index (χ4n) is 0.864. The summed E-state index contributed by atoms with van der Waals surface area (Å²) in [5.41, 5.74) is 0.824. The largest absolute Gasteiger partial charge is 0.315 e. The summed E-state index contributed by atoms with van der Waals surface area (Å²) in [5, 5.41) is 0. The molecule has 0 heterocycles. The van der Waals surface area contributed by atoms with Crippen LogP contribution in [0.1, 0.15) is 6.92 Å². The number of hydrogen-bond donors (Lipinski definition) is 0. The van der Waals surface area contributed by atoms with Gasteiger partial charge in [0.05, 0.1) is 5.69 Å². The maximum atomic E-state index is 10.4. The van der Waals surface area contributed by atoms with Crippen molar-refractivity contribution in [3.8, 4) is 0 Å². The predicted molar refractivity (Wildman–Crippen MR) is 44.4 cm³/mol. The molecule has 0 fully saturated rings. The second kappa shape index (κ2) is 3.76. The topological polar surface area (TPSA) is 20.3 Å². The normalized spacial score (nSPS) is 9.18. The molecule has 2 heteroatoms. The van der Waals surface area contributed by atoms with Crippen LogP contribution >= 0.6 is 0 Å². The molecule has 1 aromatic rings. The van der Waals surface area contributed by atoms with Gasteiger partial charge in [-0.05, 0) is 13.0 Å². The van der Waals surface area contributed by atoms with Crippen molar-refractivity contribution in [3.63, 3.8) is 0 Å². The van der Waals surface area contributed by atoms with Gasteiger partial charge in [-0.3, -0.25) is 4.79 Å². The van der Waals surface area contributed by atoms with E-state index in [1.807, 2.05) is 25.1 Å². The van der Waals surface area contributed by atoms with Gasteiger partial charge in [0.2, 0.25) is 6.41 Å². The minimum atomic E-state index is 0.685. The van der Waals surface area contributed by atoms with Crippen LogP contribution in [0.15, 0.2) is 24.3 Å². The van der Waals surface area contributed by atoms with Crippen molar-refractivity contribution in [2.45, 2.75) is 6.92 Å². The van der Waals surface area contributed by atoms with Crippen molar-refractivity contribution < 1.29 is 4.79 Å². The maximum Gasteiger partial charge on any atom is 0.214 e. The van der Waals surface area contributed by atoms with E-state index in [2.05, 4.69) is 6.07 Å². The summed E-state index contributed by atoms with van der Waals surface area (Å²) in [4.78, 5) is 12.0. The van der Waals surface area contributed by atoms with E-state index in [-0.39, 0.29) is 0 Å². The Labute approximate surface area is 66.4 Å². The van der Waals surface area contributed by atoms with Gasteiger partial charge in [0, 0.05) is 12.6 Å². The summed E-state index contributed by atoms with van der Waals surface area (Å²) < 4.78 is 0. The van der Waals surface area contributed by atoms with Crippen LogP contribution in [0.25, 0.3) is 0 Å². The molecule has 0 saturated carbocycles. The molecule has 0 unspecified atom stereocenters. The first kappa shape index (κ1) is 7.79. The number of amides is 1. The first-order chi connectivity index (χ1) is 5.38. The van der Waals surface area contributed by atoms with E-state index in [9.17, 15) is 4.79 Å². The highest BCUT2D eigenvalue weighted by atomic mass is 16.1. The highest BCUT2D eigenvalue weighted by Crippen LogP contribution is 2.08. The van der Waals surface area contributed by atoms with Crippen LogP contribution in [0.5, 0.6) is 0 Å². The number of carbonyl (C=O) groups is 1. The third kappa shape index (κ3) is 1.80. The molecule has 0 aromatic heterocycles. The van der Waals surface area contributed by atoms with Gasteiger partial charge in [-0.2, -0.15) is 0 Å². The Morgan fingerprint density at radius 1 is 1.64 bits per heavy atom. The van der Waals surface area contributed by atoms with Gasteiger partial charge in [-0.15, -0.1) is 0 Å². The number of rotatable bonds is 3. The van der Waals surface area contributed by atoms with E-state index >= 15 is 0 Å². The number of para-hydroxylation sites is 1. The van der Waals surface area contributed by atoms with Gasteiger partial charge in [0.15, 0.2) is 0 Å². The van der Waals surface area contributed by atoms with E-state index in [0.29, 0.717) is 6.54 Å². The number of benzene rings is 1. The molecule has 1 rings (SSSR count). The third-order valence-corrected chi connectivity index (χ3v) is 1.47. The Kier molecular flexibility index (Phi) is 2.66. The van der Waals surface area contributed by atoms with E-state index in [1.54, 1.807) is 11.0 Å². The lowest BCUT2D eigenvalue weighted by atomic mass is 10.3. The summed E-state index contributed by atoms with van der Waals surface area (Å²) >= 11 is 0. The quantitative estimate of drug-likeness (QED) is 0.594. The first-order valence-electron chi connectivity index (χ1n) is 3.57. The van der Waals surface area contributed by atoms with Gasteiger partial charge in [0.25, 0.3) is 0 Å². The SMILES string of the molecule is CCN(C=O)c1[c]cccc1. The summed E-state index contributed by atoms with van der Waals surface area (Å²) in [5.74, 6) is 0. The Hall–Kier alpha value is -1.31. The van der Waals surface area contributed by atoms with Gasteiger partial charge in [-0.1, -0.05) is 18.2 Å². The molecule has 1 aromatic carbocycles. The zero-order valence-corrected chi connectivity index (χ0v) is 6.45. The van der Waals surface area contributed by atoms with Crippen LogP contribution in [0, 0.1) is 6.07 Å². The molecule has 1 radical (unpaired) electrons. The molecule has 2 nitrogen and oxygen atoms in total. The molecular weight excluding hydrogens is 138 g/mol. The summed E-state index contributed by atoms with van der Waals surface area (Å²) in [6, 6.07) is 10.4. The zero-order chi connectivity index (χ0) is 8.10. The minimum Gasteiger partial charge on any atom is -0.315 e. The number of carbonyl (C=O) groups excluding carboxylic acids is 1. The molecule has 0 aliphatic heterocycles. The minimum absolute atomic E-state index is 0.685. The highest BCUT2D eigenvalue weighted by molar-refractivity contribution is 5.74. The van der Waals surface area contributed by atoms with E-state index < -0.39 is 0 Å². The number of hydrogen-bond acceptors (Lipinski definition) is 1. The van der Waals surface area contributed by atoms with Crippen molar-refractivity contribution in [1.29, 1.82) is 0 Å². The lowest BCUT2D eigenvalue weighted by Crippen LogP contribution is -2.19. The van der Waals surface area contributed by atoms with Gasteiger partial charge >= 0.3 is 0 Å². The predicted octanol–water partition coefficient (Wildman–Crippen LogP) is 1.47. The molecule has 0 atom stereocenters. The Balaban J connectivity index is 2.82. The Morgan fingerprint density at radius 3 is 2.91 bits per heavy atom. The molecule has 0 N–H and O–H groups in total. The third-order valence-electron chi connectivity index (χ3n) is 1.47. The fraction of sp³-hybridized carbons (Fsp3) is 0.222. The van der Waals surface area contributed by atoms with E-state index in [0.717, 1.165) is 12.1 Å². The van der Waals surface area contributed by atoms with Crippen molar-refractivity contribution in [2.75, 3.05) is 11.4 Å². The van der Waals surface area contributed by atoms with Crippen LogP contribution < -0.4 is 4.90 Å². The number of anilines is 1. The first-order valence-corrected chi connectivity index (χ1v) is 3.57.